The van der Waals surface area contributed by atoms with Crippen molar-refractivity contribution in [3.05, 3.63) is 0 Å². The van der Waals surface area contributed by atoms with Crippen LogP contribution in [0.25, 0.3) is 0 Å². The molecule has 0 amide bonds. The Morgan fingerprint density at radius 3 is 1.95 bits per heavy atom. The van der Waals surface area contributed by atoms with Gasteiger partial charge in [-0.1, -0.05) is 90.2 Å². The van der Waals surface area contributed by atoms with Crippen LogP contribution in [0.5, 0.6) is 0 Å². The van der Waals surface area contributed by atoms with Crippen LogP contribution in [0.4, 0.5) is 0 Å². The summed E-state index contributed by atoms with van der Waals surface area (Å²) in [6.45, 7) is 10.2. The van der Waals surface area contributed by atoms with E-state index in [4.69, 9.17) is 12.2 Å². The van der Waals surface area contributed by atoms with Gasteiger partial charge in [0.25, 0.3) is 0 Å². The second kappa shape index (κ2) is 17.8. The maximum atomic E-state index is 5.46. The van der Waals surface area contributed by atoms with Crippen LogP contribution in [0.3, 0.4) is 0 Å². The second-order valence-corrected chi connectivity index (χ2v) is 7.51. The Hall–Kier alpha value is 1.50. The molecule has 4 heteroatoms. The molecule has 0 aromatic carbocycles. The van der Waals surface area contributed by atoms with Crippen molar-refractivity contribution in [1.82, 2.24) is 5.32 Å². The van der Waals surface area contributed by atoms with E-state index in [0.717, 1.165) is 22.7 Å². The van der Waals surface area contributed by atoms with Gasteiger partial charge in [-0.3, -0.25) is 0 Å². The molecule has 1 N–H and O–H groups in total. The van der Waals surface area contributed by atoms with Crippen molar-refractivity contribution in [3.8, 4) is 0 Å². The van der Waals surface area contributed by atoms with Crippen LogP contribution in [0.15, 0.2) is 0 Å². The van der Waals surface area contributed by atoms with Crippen molar-refractivity contribution in [2.24, 2.45) is 11.8 Å². The van der Waals surface area contributed by atoms with Crippen LogP contribution in [0.2, 0.25) is 0 Å². The summed E-state index contributed by atoms with van der Waals surface area (Å²) in [6.07, 6.45) is 10.5. The molecule has 0 radical (unpaired) electrons. The van der Waals surface area contributed by atoms with Crippen molar-refractivity contribution in [2.75, 3.05) is 12.3 Å². The topological polar surface area (TPSA) is 12.0 Å². The zero-order valence-electron chi connectivity index (χ0n) is 14.0. The molecule has 0 bridgehead atoms. The molecule has 1 nitrogen and oxygen atoms in total. The van der Waals surface area contributed by atoms with Crippen LogP contribution in [-0.4, -0.2) is 54.4 Å². The Balaban J connectivity index is 0. The normalized spacial score (nSPS) is 13.3. The number of hydrogen-bond acceptors (Lipinski definition) is 2. The van der Waals surface area contributed by atoms with E-state index in [1.165, 1.54) is 57.1 Å². The monoisotopic (exact) mass is 359 g/mol. The molecule has 0 aliphatic carbocycles. The van der Waals surface area contributed by atoms with Crippen molar-refractivity contribution in [1.29, 1.82) is 0 Å². The predicted molar refractivity (Wildman–Crippen MR) is 108 cm³/mol. The summed E-state index contributed by atoms with van der Waals surface area (Å²) in [6, 6.07) is 0. The van der Waals surface area contributed by atoms with Gasteiger partial charge in [0.05, 0.1) is 0 Å². The summed E-state index contributed by atoms with van der Waals surface area (Å²) < 4.78 is 1.01. The Kier molecular flexibility index (Phi) is 21.0. The minimum absolute atomic E-state index is 0. The molecule has 0 rings (SSSR count). The summed E-state index contributed by atoms with van der Waals surface area (Å²) >= 11 is 7.32. The van der Waals surface area contributed by atoms with Gasteiger partial charge in [0.2, 0.25) is 0 Å². The van der Waals surface area contributed by atoms with Gasteiger partial charge in [-0.2, -0.15) is 0 Å². The van der Waals surface area contributed by atoms with Gasteiger partial charge in [0.15, 0.2) is 0 Å². The average Bonchev–Trinajstić information content (AvgIpc) is 2.47. The molecule has 0 heterocycles. The van der Waals surface area contributed by atoms with E-state index < -0.39 is 0 Å². The Morgan fingerprint density at radius 1 is 0.952 bits per heavy atom. The summed E-state index contributed by atoms with van der Waals surface area (Å²) in [7, 11) is 0. The van der Waals surface area contributed by atoms with E-state index >= 15 is 0 Å². The standard InChI is InChI=1S/C17H35NS2.Ca.2H/c1-5-9-11-15(7-3)13-18-17(19)20-14-16(8-4)12-10-6-2;;;/h15-16H,5-14H2,1-4H3,(H,18,19);;;. The molecule has 124 valence electrons. The first-order valence-corrected chi connectivity index (χ1v) is 9.97. The zero-order chi connectivity index (χ0) is 15.2. The molecular weight excluding hydrogens is 322 g/mol. The van der Waals surface area contributed by atoms with Gasteiger partial charge in [-0.15, -0.1) is 0 Å². The molecule has 0 aromatic rings. The first-order valence-electron chi connectivity index (χ1n) is 8.58. The van der Waals surface area contributed by atoms with Crippen molar-refractivity contribution in [3.63, 3.8) is 0 Å². The van der Waals surface area contributed by atoms with Crippen LogP contribution in [0, 0.1) is 11.8 Å². The van der Waals surface area contributed by atoms with E-state index in [9.17, 15) is 0 Å². The van der Waals surface area contributed by atoms with E-state index in [1.807, 2.05) is 11.8 Å². The first-order chi connectivity index (χ1) is 9.67. The van der Waals surface area contributed by atoms with E-state index in [-0.39, 0.29) is 37.7 Å². The molecule has 21 heavy (non-hydrogen) atoms. The molecule has 2 unspecified atom stereocenters. The molecule has 0 fully saturated rings. The minimum atomic E-state index is 0. The quantitative estimate of drug-likeness (QED) is 0.384. The first kappa shape index (κ1) is 24.7. The molecule has 0 aromatic heterocycles. The summed E-state index contributed by atoms with van der Waals surface area (Å²) in [4.78, 5) is 0. The van der Waals surface area contributed by atoms with Crippen molar-refractivity contribution in [2.45, 2.75) is 79.1 Å². The van der Waals surface area contributed by atoms with Crippen molar-refractivity contribution >= 4 is 66.0 Å². The van der Waals surface area contributed by atoms with E-state index in [1.54, 1.807) is 0 Å². The Morgan fingerprint density at radius 2 is 1.48 bits per heavy atom. The molecule has 0 aliphatic rings. The molecule has 0 saturated carbocycles. The van der Waals surface area contributed by atoms with Gasteiger partial charge in [0.1, 0.15) is 4.32 Å². The molecule has 0 saturated heterocycles. The van der Waals surface area contributed by atoms with Crippen molar-refractivity contribution < 1.29 is 0 Å². The number of thioether (sulfide) groups is 1. The number of hydrogen-bond donors (Lipinski definition) is 1. The number of rotatable bonds is 12. The van der Waals surface area contributed by atoms with Gasteiger partial charge < -0.3 is 5.32 Å². The van der Waals surface area contributed by atoms with Gasteiger partial charge >= 0.3 is 37.7 Å². The summed E-state index contributed by atoms with van der Waals surface area (Å²) in [5, 5.41) is 3.47. The molecule has 0 spiro atoms. The molecule has 0 aliphatic heterocycles. The predicted octanol–water partition coefficient (Wildman–Crippen LogP) is 5.11. The van der Waals surface area contributed by atoms with Crippen LogP contribution in [-0.2, 0) is 0 Å². The fraction of sp³-hybridized carbons (Fsp3) is 0.941. The third-order valence-corrected chi connectivity index (χ3v) is 5.61. The van der Waals surface area contributed by atoms with Crippen LogP contribution < -0.4 is 5.32 Å². The number of thiocarbonyl (C=S) groups is 1. The fourth-order valence-corrected chi connectivity index (χ4v) is 3.58. The third kappa shape index (κ3) is 14.8. The Bertz CT molecular complexity index is 215. The van der Waals surface area contributed by atoms with Crippen LogP contribution in [0.1, 0.15) is 79.1 Å². The van der Waals surface area contributed by atoms with Gasteiger partial charge in [-0.25, -0.2) is 0 Å². The third-order valence-electron chi connectivity index (χ3n) is 4.07. The number of nitrogens with one attached hydrogen (secondary N) is 1. The van der Waals surface area contributed by atoms with Gasteiger partial charge in [0, 0.05) is 12.3 Å². The fourth-order valence-electron chi connectivity index (χ4n) is 2.31. The zero-order valence-corrected chi connectivity index (χ0v) is 15.7. The summed E-state index contributed by atoms with van der Waals surface area (Å²) in [5.74, 6) is 2.81. The Labute approximate surface area is 173 Å². The van der Waals surface area contributed by atoms with E-state index in [0.29, 0.717) is 0 Å². The number of unbranched alkanes of at least 4 members (excludes halogenated alkanes) is 2. The van der Waals surface area contributed by atoms with Crippen LogP contribution >= 0.6 is 24.0 Å². The van der Waals surface area contributed by atoms with Gasteiger partial charge in [-0.05, 0) is 24.7 Å². The summed E-state index contributed by atoms with van der Waals surface area (Å²) in [5.41, 5.74) is 0. The van der Waals surface area contributed by atoms with E-state index in [2.05, 4.69) is 33.0 Å². The molecule has 2 atom stereocenters. The maximum absolute atomic E-state index is 5.46. The average molecular weight is 360 g/mol. The SMILES string of the molecule is CCCCC(CC)CNC(=S)SCC(CC)CCCC.[CaH2]. The second-order valence-electron chi connectivity index (χ2n) is 5.81. The molecular formula is C17H37CaNS2.